The Balaban J connectivity index is 3.31. The van der Waals surface area contributed by atoms with Crippen molar-refractivity contribution in [1.29, 1.82) is 0 Å². The van der Waals surface area contributed by atoms with Gasteiger partial charge in [-0.3, -0.25) is 9.59 Å². The predicted molar refractivity (Wildman–Crippen MR) is 333 cm³/mol. The van der Waals surface area contributed by atoms with Crippen LogP contribution in [0.2, 0.25) is 0 Å². The van der Waals surface area contributed by atoms with E-state index in [1.54, 1.807) is 6.08 Å². The topological polar surface area (TPSA) is 95.9 Å². The van der Waals surface area contributed by atoms with Gasteiger partial charge in [-0.15, -0.1) is 0 Å². The van der Waals surface area contributed by atoms with Crippen LogP contribution in [0.1, 0.15) is 386 Å². The molecule has 0 saturated heterocycles. The van der Waals surface area contributed by atoms with Crippen LogP contribution in [0, 0.1) is 0 Å². The van der Waals surface area contributed by atoms with Crippen LogP contribution >= 0.6 is 0 Å². The van der Waals surface area contributed by atoms with Gasteiger partial charge < -0.3 is 20.3 Å². The Morgan fingerprint density at radius 1 is 0.355 bits per heavy atom. The number of amides is 1. The number of hydrogen-bond acceptors (Lipinski definition) is 5. The maximum atomic E-state index is 12.4. The summed E-state index contributed by atoms with van der Waals surface area (Å²) in [4.78, 5) is 24.4. The van der Waals surface area contributed by atoms with Gasteiger partial charge in [0.1, 0.15) is 0 Å². The molecule has 0 bridgehead atoms. The molecule has 0 aromatic carbocycles. The second-order valence-electron chi connectivity index (χ2n) is 23.9. The summed E-state index contributed by atoms with van der Waals surface area (Å²) in [6.45, 7) is 4.91. The van der Waals surface area contributed by atoms with Crippen LogP contribution in [0.5, 0.6) is 0 Å². The number of carbonyl (C=O) groups is 2. The minimum absolute atomic E-state index is 0.0223. The molecule has 0 aliphatic carbocycles. The number of nitrogens with one attached hydrogen (secondary N) is 1. The molecule has 0 heterocycles. The molecule has 0 aromatic rings. The number of esters is 1. The van der Waals surface area contributed by atoms with E-state index in [0.717, 1.165) is 38.5 Å². The van der Waals surface area contributed by atoms with Gasteiger partial charge in [0.25, 0.3) is 0 Å². The van der Waals surface area contributed by atoms with E-state index in [1.165, 1.54) is 321 Å². The largest absolute Gasteiger partial charge is 0.466 e. The molecular weight excluding hydrogens is 935 g/mol. The maximum Gasteiger partial charge on any atom is 0.305 e. The number of aliphatic hydroxyl groups is 2. The second kappa shape index (κ2) is 65.9. The van der Waals surface area contributed by atoms with Crippen molar-refractivity contribution in [2.75, 3.05) is 13.2 Å². The Morgan fingerprint density at radius 2 is 0.618 bits per heavy atom. The lowest BCUT2D eigenvalue weighted by atomic mass is 10.0. The molecule has 6 nitrogen and oxygen atoms in total. The van der Waals surface area contributed by atoms with Gasteiger partial charge in [-0.1, -0.05) is 340 Å². The van der Waals surface area contributed by atoms with Crippen molar-refractivity contribution in [2.45, 2.75) is 398 Å². The molecule has 3 N–H and O–H groups in total. The zero-order valence-electron chi connectivity index (χ0n) is 51.5. The lowest BCUT2D eigenvalue weighted by molar-refractivity contribution is -0.143. The van der Waals surface area contributed by atoms with Gasteiger partial charge in [0, 0.05) is 12.8 Å². The van der Waals surface area contributed by atoms with E-state index in [9.17, 15) is 19.8 Å². The molecule has 0 rings (SSSR count). The lowest BCUT2D eigenvalue weighted by Crippen LogP contribution is -2.45. The minimum atomic E-state index is -0.839. The molecule has 6 heteroatoms. The van der Waals surface area contributed by atoms with E-state index in [1.807, 2.05) is 6.08 Å². The molecule has 450 valence electrons. The van der Waals surface area contributed by atoms with Gasteiger partial charge in [0.15, 0.2) is 0 Å². The SMILES string of the molecule is CCCCCCCCCC/C=C/C(O)C(CO)NC(=O)CCCCCCCCCCCCCCCCCCC/C=C\CCCCCCCCCCCCCCCCCCOC(=O)CCCCCCCCCCCCCC. The fourth-order valence-electron chi connectivity index (χ4n) is 10.9. The lowest BCUT2D eigenvalue weighted by Gasteiger charge is -2.20. The number of unbranched alkanes of at least 4 members (excludes halogenated alkanes) is 52. The smallest absolute Gasteiger partial charge is 0.305 e. The fraction of sp³-hybridized carbons (Fsp3) is 0.914. The Kier molecular flexibility index (Phi) is 64.4. The molecule has 0 aliphatic rings. The number of ether oxygens (including phenoxy) is 1. The first-order valence-electron chi connectivity index (χ1n) is 34.6. The number of hydrogen-bond donors (Lipinski definition) is 3. The van der Waals surface area contributed by atoms with Gasteiger partial charge in [0.05, 0.1) is 25.4 Å². The summed E-state index contributed by atoms with van der Waals surface area (Å²) < 4.78 is 5.48. The van der Waals surface area contributed by atoms with E-state index in [0.29, 0.717) is 19.4 Å². The molecule has 0 fully saturated rings. The van der Waals surface area contributed by atoms with Crippen LogP contribution in [0.25, 0.3) is 0 Å². The molecule has 0 aromatic heterocycles. The van der Waals surface area contributed by atoms with Crippen molar-refractivity contribution < 1.29 is 24.5 Å². The third-order valence-corrected chi connectivity index (χ3v) is 16.2. The highest BCUT2D eigenvalue weighted by molar-refractivity contribution is 5.76. The highest BCUT2D eigenvalue weighted by Gasteiger charge is 2.18. The highest BCUT2D eigenvalue weighted by Crippen LogP contribution is 2.18. The van der Waals surface area contributed by atoms with Crippen LogP contribution in [0.15, 0.2) is 24.3 Å². The summed E-state index contributed by atoms with van der Waals surface area (Å²) in [5, 5.41) is 23.0. The first-order valence-corrected chi connectivity index (χ1v) is 34.6. The number of carbonyl (C=O) groups excluding carboxylic acids is 2. The average Bonchev–Trinajstić information content (AvgIpc) is 3.42. The van der Waals surface area contributed by atoms with Crippen LogP contribution in [-0.2, 0) is 14.3 Å². The summed E-state index contributed by atoms with van der Waals surface area (Å²) in [5.41, 5.74) is 0. The van der Waals surface area contributed by atoms with Crippen molar-refractivity contribution in [3.8, 4) is 0 Å². The van der Waals surface area contributed by atoms with Gasteiger partial charge in [-0.05, 0) is 57.8 Å². The first-order chi connectivity index (χ1) is 37.5. The number of allylic oxidation sites excluding steroid dienone is 3. The van der Waals surface area contributed by atoms with E-state index in [-0.39, 0.29) is 18.5 Å². The molecular formula is C70H135NO5. The number of rotatable bonds is 65. The van der Waals surface area contributed by atoms with Crippen molar-refractivity contribution in [3.63, 3.8) is 0 Å². The maximum absolute atomic E-state index is 12.4. The van der Waals surface area contributed by atoms with Crippen LogP contribution in [-0.4, -0.2) is 47.4 Å². The fourth-order valence-corrected chi connectivity index (χ4v) is 10.9. The molecule has 1 amide bonds. The monoisotopic (exact) mass is 1070 g/mol. The standard InChI is InChI=1S/C70H135NO5/c1-3-5-7-9-11-13-15-44-48-52-56-60-64-70(75)76-65-61-57-53-49-45-42-40-38-36-34-32-30-28-26-24-22-20-18-16-17-19-21-23-25-27-29-31-33-35-37-39-41-43-47-51-55-59-63-69(74)71-67(66-72)68(73)62-58-54-50-46-14-12-10-8-6-4-2/h16,18,58,62,67-68,72-73H,3-15,17,19-57,59-61,63-66H2,1-2H3,(H,71,74)/b18-16-,62-58+. The first kappa shape index (κ1) is 74.3. The third kappa shape index (κ3) is 61.6. The molecule has 76 heavy (non-hydrogen) atoms. The Morgan fingerprint density at radius 3 is 0.934 bits per heavy atom. The summed E-state index contributed by atoms with van der Waals surface area (Å²) in [6.07, 6.45) is 82.8. The van der Waals surface area contributed by atoms with Crippen molar-refractivity contribution in [3.05, 3.63) is 24.3 Å². The average molecular weight is 1070 g/mol. The molecule has 2 atom stereocenters. The summed E-state index contributed by atoms with van der Waals surface area (Å²) in [6, 6.07) is -0.622. The van der Waals surface area contributed by atoms with Crippen LogP contribution in [0.3, 0.4) is 0 Å². The Labute approximate surface area is 475 Å². The number of aliphatic hydroxyl groups excluding tert-OH is 2. The molecule has 0 spiro atoms. The Hall–Kier alpha value is -1.66. The van der Waals surface area contributed by atoms with Crippen molar-refractivity contribution >= 4 is 11.9 Å². The van der Waals surface area contributed by atoms with Crippen LogP contribution < -0.4 is 5.32 Å². The minimum Gasteiger partial charge on any atom is -0.466 e. The zero-order valence-corrected chi connectivity index (χ0v) is 51.5. The van der Waals surface area contributed by atoms with E-state index < -0.39 is 12.1 Å². The predicted octanol–water partition coefficient (Wildman–Crippen LogP) is 22.1. The Bertz CT molecular complexity index is 1190. The summed E-state index contributed by atoms with van der Waals surface area (Å²) in [7, 11) is 0. The second-order valence-corrected chi connectivity index (χ2v) is 23.9. The van der Waals surface area contributed by atoms with Crippen LogP contribution in [0.4, 0.5) is 0 Å². The van der Waals surface area contributed by atoms with Gasteiger partial charge in [0.2, 0.25) is 5.91 Å². The van der Waals surface area contributed by atoms with Gasteiger partial charge >= 0.3 is 5.97 Å². The molecule has 2 unspecified atom stereocenters. The normalized spacial score (nSPS) is 12.6. The molecule has 0 aliphatic heterocycles. The molecule has 0 radical (unpaired) electrons. The quantitative estimate of drug-likeness (QED) is 0.0320. The summed E-state index contributed by atoms with van der Waals surface area (Å²) in [5.74, 6) is -0.0421. The van der Waals surface area contributed by atoms with Gasteiger partial charge in [-0.2, -0.15) is 0 Å². The van der Waals surface area contributed by atoms with Gasteiger partial charge in [-0.25, -0.2) is 0 Å². The summed E-state index contributed by atoms with van der Waals surface area (Å²) >= 11 is 0. The zero-order chi connectivity index (χ0) is 55.0. The van der Waals surface area contributed by atoms with E-state index >= 15 is 0 Å². The van der Waals surface area contributed by atoms with E-state index in [4.69, 9.17) is 4.74 Å². The van der Waals surface area contributed by atoms with Crippen molar-refractivity contribution in [1.82, 2.24) is 5.32 Å². The highest BCUT2D eigenvalue weighted by atomic mass is 16.5. The van der Waals surface area contributed by atoms with Crippen molar-refractivity contribution in [2.24, 2.45) is 0 Å². The molecule has 0 saturated carbocycles. The van der Waals surface area contributed by atoms with E-state index in [2.05, 4.69) is 31.3 Å². The third-order valence-electron chi connectivity index (χ3n) is 16.2.